The Hall–Kier alpha value is -2.60. The van der Waals surface area contributed by atoms with Crippen LogP contribution in [0.1, 0.15) is 17.2 Å². The molecule has 0 aliphatic carbocycles. The predicted molar refractivity (Wildman–Crippen MR) is 81.4 cm³/mol. The third-order valence-corrected chi connectivity index (χ3v) is 3.86. The summed E-state index contributed by atoms with van der Waals surface area (Å²) in [6.07, 6.45) is 7.08. The van der Waals surface area contributed by atoms with Gasteiger partial charge in [0.1, 0.15) is 5.75 Å². The Balaban J connectivity index is 2.39. The van der Waals surface area contributed by atoms with Crippen molar-refractivity contribution in [3.63, 3.8) is 0 Å². The quantitative estimate of drug-likeness (QED) is 0.797. The molecule has 0 atom stereocenters. The van der Waals surface area contributed by atoms with Crippen molar-refractivity contribution in [2.24, 2.45) is 14.1 Å². The molecule has 0 spiro atoms. The van der Waals surface area contributed by atoms with Crippen molar-refractivity contribution in [1.29, 1.82) is 0 Å². The lowest BCUT2D eigenvalue weighted by Gasteiger charge is -2.32. The molecule has 2 aromatic heterocycles. The van der Waals surface area contributed by atoms with Crippen LogP contribution in [0, 0.1) is 0 Å². The van der Waals surface area contributed by atoms with Gasteiger partial charge in [0.25, 0.3) is 0 Å². The summed E-state index contributed by atoms with van der Waals surface area (Å²) >= 11 is 0. The molecule has 0 saturated heterocycles. The first-order valence-corrected chi connectivity index (χ1v) is 6.90. The number of aromatic hydroxyl groups is 1. The topological polar surface area (TPSA) is 65.1 Å². The van der Waals surface area contributed by atoms with Crippen molar-refractivity contribution in [3.05, 3.63) is 66.3 Å². The van der Waals surface area contributed by atoms with E-state index in [0.717, 1.165) is 0 Å². The SMILES string of the molecule is COC(c1ccccc1O)(c1nccn1C)c1nccn1C. The summed E-state index contributed by atoms with van der Waals surface area (Å²) in [5.74, 6) is 1.42. The van der Waals surface area contributed by atoms with Crippen molar-refractivity contribution >= 4 is 0 Å². The number of phenolic OH excluding ortho intramolecular Hbond substituents is 1. The number of imidazole rings is 2. The number of benzene rings is 1. The van der Waals surface area contributed by atoms with E-state index < -0.39 is 5.60 Å². The lowest BCUT2D eigenvalue weighted by molar-refractivity contribution is 0.0367. The van der Waals surface area contributed by atoms with E-state index in [4.69, 9.17) is 4.74 Å². The van der Waals surface area contributed by atoms with Gasteiger partial charge in [0.15, 0.2) is 11.6 Å². The molecule has 6 nitrogen and oxygen atoms in total. The molecule has 1 N–H and O–H groups in total. The molecule has 6 heteroatoms. The molecule has 0 saturated carbocycles. The largest absolute Gasteiger partial charge is 0.508 e. The number of phenols is 1. The number of para-hydroxylation sites is 1. The lowest BCUT2D eigenvalue weighted by Crippen LogP contribution is -2.37. The summed E-state index contributed by atoms with van der Waals surface area (Å²) in [6.45, 7) is 0. The van der Waals surface area contributed by atoms with Gasteiger partial charge >= 0.3 is 0 Å². The van der Waals surface area contributed by atoms with E-state index >= 15 is 0 Å². The third-order valence-electron chi connectivity index (χ3n) is 3.86. The number of hydrogen-bond acceptors (Lipinski definition) is 4. The molecular weight excluding hydrogens is 280 g/mol. The van der Waals surface area contributed by atoms with Crippen LogP contribution in [0.25, 0.3) is 0 Å². The van der Waals surface area contributed by atoms with Crippen molar-refractivity contribution < 1.29 is 9.84 Å². The smallest absolute Gasteiger partial charge is 0.212 e. The zero-order valence-corrected chi connectivity index (χ0v) is 12.8. The Kier molecular flexibility index (Phi) is 3.46. The van der Waals surface area contributed by atoms with Crippen LogP contribution in [0.3, 0.4) is 0 Å². The van der Waals surface area contributed by atoms with Gasteiger partial charge < -0.3 is 19.0 Å². The minimum absolute atomic E-state index is 0.135. The second kappa shape index (κ2) is 5.31. The van der Waals surface area contributed by atoms with Gasteiger partial charge in [0, 0.05) is 51.6 Å². The zero-order chi connectivity index (χ0) is 15.7. The van der Waals surface area contributed by atoms with Gasteiger partial charge in [-0.25, -0.2) is 9.97 Å². The van der Waals surface area contributed by atoms with Crippen LogP contribution in [0.2, 0.25) is 0 Å². The number of ether oxygens (including phenoxy) is 1. The number of nitrogens with zero attached hydrogens (tertiary/aromatic N) is 4. The van der Waals surface area contributed by atoms with E-state index in [0.29, 0.717) is 17.2 Å². The Morgan fingerprint density at radius 3 is 1.95 bits per heavy atom. The zero-order valence-electron chi connectivity index (χ0n) is 12.8. The minimum atomic E-state index is -1.10. The summed E-state index contributed by atoms with van der Waals surface area (Å²) in [5.41, 5.74) is -0.497. The van der Waals surface area contributed by atoms with Crippen LogP contribution in [0.15, 0.2) is 49.1 Å². The highest BCUT2D eigenvalue weighted by Gasteiger charge is 2.45. The number of hydrogen-bond donors (Lipinski definition) is 1. The van der Waals surface area contributed by atoms with Gasteiger partial charge in [-0.1, -0.05) is 18.2 Å². The highest BCUT2D eigenvalue weighted by molar-refractivity contribution is 5.46. The molecule has 0 fully saturated rings. The van der Waals surface area contributed by atoms with Gasteiger partial charge in [-0.15, -0.1) is 0 Å². The number of rotatable bonds is 4. The molecule has 3 aromatic rings. The summed E-state index contributed by atoms with van der Waals surface area (Å²) in [7, 11) is 5.37. The third kappa shape index (κ3) is 1.92. The minimum Gasteiger partial charge on any atom is -0.508 e. The molecule has 2 heterocycles. The highest BCUT2D eigenvalue weighted by atomic mass is 16.5. The maximum absolute atomic E-state index is 10.4. The second-order valence-corrected chi connectivity index (χ2v) is 5.13. The molecule has 0 amide bonds. The van der Waals surface area contributed by atoms with E-state index in [1.54, 1.807) is 31.6 Å². The van der Waals surface area contributed by atoms with E-state index in [2.05, 4.69) is 9.97 Å². The highest BCUT2D eigenvalue weighted by Crippen LogP contribution is 2.41. The monoisotopic (exact) mass is 298 g/mol. The second-order valence-electron chi connectivity index (χ2n) is 5.13. The van der Waals surface area contributed by atoms with Crippen LogP contribution in [0.5, 0.6) is 5.75 Å². The van der Waals surface area contributed by atoms with E-state index in [9.17, 15) is 5.11 Å². The maximum atomic E-state index is 10.4. The molecule has 0 bridgehead atoms. The fraction of sp³-hybridized carbons (Fsp3) is 0.250. The Labute approximate surface area is 128 Å². The fourth-order valence-electron chi connectivity index (χ4n) is 2.81. The molecule has 0 radical (unpaired) electrons. The van der Waals surface area contributed by atoms with Crippen LogP contribution >= 0.6 is 0 Å². The summed E-state index contributed by atoms with van der Waals surface area (Å²) in [5, 5.41) is 10.4. The Bertz CT molecular complexity index is 751. The Morgan fingerprint density at radius 2 is 1.55 bits per heavy atom. The molecule has 114 valence electrons. The molecular formula is C16H18N4O2. The van der Waals surface area contributed by atoms with Gasteiger partial charge in [-0.2, -0.15) is 0 Å². The summed E-state index contributed by atoms with van der Waals surface area (Å²) in [6, 6.07) is 7.09. The number of aromatic nitrogens is 4. The normalized spacial score (nSPS) is 11.8. The van der Waals surface area contributed by atoms with E-state index in [-0.39, 0.29) is 5.75 Å². The van der Waals surface area contributed by atoms with Crippen molar-refractivity contribution in [1.82, 2.24) is 19.1 Å². The lowest BCUT2D eigenvalue weighted by atomic mass is 9.90. The van der Waals surface area contributed by atoms with E-state index in [1.165, 1.54) is 0 Å². The van der Waals surface area contributed by atoms with Crippen LogP contribution in [0.4, 0.5) is 0 Å². The van der Waals surface area contributed by atoms with Crippen molar-refractivity contribution in [2.45, 2.75) is 5.60 Å². The molecule has 22 heavy (non-hydrogen) atoms. The average molecular weight is 298 g/mol. The molecule has 0 aliphatic heterocycles. The average Bonchev–Trinajstić information content (AvgIpc) is 3.13. The van der Waals surface area contributed by atoms with Gasteiger partial charge in [0.2, 0.25) is 5.60 Å². The molecule has 1 aromatic carbocycles. The van der Waals surface area contributed by atoms with Gasteiger partial charge in [0.05, 0.1) is 0 Å². The molecule has 0 unspecified atom stereocenters. The molecule has 0 aliphatic rings. The van der Waals surface area contributed by atoms with Gasteiger partial charge in [-0.3, -0.25) is 0 Å². The predicted octanol–water partition coefficient (Wildman–Crippen LogP) is 1.80. The van der Waals surface area contributed by atoms with Crippen molar-refractivity contribution in [3.8, 4) is 5.75 Å². The van der Waals surface area contributed by atoms with Crippen LogP contribution < -0.4 is 0 Å². The first kappa shape index (κ1) is 14.3. The van der Waals surface area contributed by atoms with Gasteiger partial charge in [-0.05, 0) is 6.07 Å². The summed E-state index contributed by atoms with van der Waals surface area (Å²) in [4.78, 5) is 8.89. The first-order valence-electron chi connectivity index (χ1n) is 6.90. The number of methoxy groups -OCH3 is 1. The Morgan fingerprint density at radius 1 is 1.00 bits per heavy atom. The fourth-order valence-corrected chi connectivity index (χ4v) is 2.81. The summed E-state index contributed by atoms with van der Waals surface area (Å²) < 4.78 is 9.66. The molecule has 3 rings (SSSR count). The number of aryl methyl sites for hydroxylation is 2. The van der Waals surface area contributed by atoms with E-state index in [1.807, 2.05) is 47.8 Å². The first-order chi connectivity index (χ1) is 10.6. The van der Waals surface area contributed by atoms with Crippen LogP contribution in [-0.4, -0.2) is 31.3 Å². The van der Waals surface area contributed by atoms with Crippen molar-refractivity contribution in [2.75, 3.05) is 7.11 Å². The maximum Gasteiger partial charge on any atom is 0.212 e. The standard InChI is InChI=1S/C16H18N4O2/c1-19-10-8-17-14(19)16(22-3,15-18-9-11-20(15)2)12-6-4-5-7-13(12)21/h4-11,21H,1-3H3. The van der Waals surface area contributed by atoms with Crippen LogP contribution in [-0.2, 0) is 24.4 Å².